The summed E-state index contributed by atoms with van der Waals surface area (Å²) in [6, 6.07) is 22.9. The molecule has 5 rings (SSSR count). The van der Waals surface area contributed by atoms with Gasteiger partial charge >= 0.3 is 0 Å². The first-order chi connectivity index (χ1) is 14.8. The Labute approximate surface area is 178 Å². The standard InChI is InChI=1S/C27H27NO2/c29-27(18-30-24-13-10-20(11-14-24)19-6-2-1-3-7-19)28-23-12-15-26-22(17-23)16-21-8-4-5-9-25(21)26/h4-5,8-15,17,19H,1-3,6-7,16,18H2,(H,28,29). The van der Waals surface area contributed by atoms with E-state index >= 15 is 0 Å². The van der Waals surface area contributed by atoms with Crippen LogP contribution >= 0.6 is 0 Å². The van der Waals surface area contributed by atoms with E-state index in [0.29, 0.717) is 5.92 Å². The molecule has 0 atom stereocenters. The molecule has 2 aliphatic rings. The Bertz CT molecular complexity index is 1050. The molecule has 0 aromatic heterocycles. The van der Waals surface area contributed by atoms with Crippen molar-refractivity contribution < 1.29 is 9.53 Å². The average molecular weight is 398 g/mol. The number of anilines is 1. The number of carbonyl (C=O) groups excluding carboxylic acids is 1. The fourth-order valence-electron chi connectivity index (χ4n) is 4.84. The third kappa shape index (κ3) is 3.97. The van der Waals surface area contributed by atoms with Crippen LogP contribution in [0.5, 0.6) is 5.75 Å². The second-order valence-corrected chi connectivity index (χ2v) is 8.45. The van der Waals surface area contributed by atoms with Crippen molar-refractivity contribution in [3.8, 4) is 16.9 Å². The number of fused-ring (bicyclic) bond motifs is 3. The van der Waals surface area contributed by atoms with Crippen molar-refractivity contribution >= 4 is 11.6 Å². The number of amides is 1. The predicted molar refractivity (Wildman–Crippen MR) is 121 cm³/mol. The number of hydrogen-bond donors (Lipinski definition) is 1. The fraction of sp³-hybridized carbons (Fsp3) is 0.296. The first-order valence-corrected chi connectivity index (χ1v) is 11.0. The molecule has 30 heavy (non-hydrogen) atoms. The van der Waals surface area contributed by atoms with Crippen molar-refractivity contribution in [3.05, 3.63) is 83.4 Å². The van der Waals surface area contributed by atoms with E-state index in [-0.39, 0.29) is 12.5 Å². The average Bonchev–Trinajstić information content (AvgIpc) is 3.16. The molecule has 0 radical (unpaired) electrons. The Morgan fingerprint density at radius 1 is 0.867 bits per heavy atom. The second kappa shape index (κ2) is 8.35. The van der Waals surface area contributed by atoms with Crippen molar-refractivity contribution in [3.63, 3.8) is 0 Å². The highest BCUT2D eigenvalue weighted by molar-refractivity contribution is 5.92. The molecule has 3 aromatic carbocycles. The zero-order valence-electron chi connectivity index (χ0n) is 17.2. The van der Waals surface area contributed by atoms with E-state index in [1.54, 1.807) is 0 Å². The molecule has 0 unspecified atom stereocenters. The number of rotatable bonds is 5. The molecular formula is C27H27NO2. The normalized spacial score (nSPS) is 15.3. The monoisotopic (exact) mass is 397 g/mol. The first-order valence-electron chi connectivity index (χ1n) is 11.0. The maximum absolute atomic E-state index is 12.4. The maximum atomic E-state index is 12.4. The van der Waals surface area contributed by atoms with E-state index in [1.165, 1.54) is 59.9 Å². The van der Waals surface area contributed by atoms with Gasteiger partial charge in [0.15, 0.2) is 6.61 Å². The Morgan fingerprint density at radius 3 is 2.47 bits per heavy atom. The van der Waals surface area contributed by atoms with Gasteiger partial charge in [-0.15, -0.1) is 0 Å². The summed E-state index contributed by atoms with van der Waals surface area (Å²) in [6.07, 6.45) is 7.52. The molecule has 1 fully saturated rings. The van der Waals surface area contributed by atoms with Crippen LogP contribution in [0.2, 0.25) is 0 Å². The summed E-state index contributed by atoms with van der Waals surface area (Å²) < 4.78 is 5.71. The van der Waals surface area contributed by atoms with Crippen LogP contribution in [0.1, 0.15) is 54.7 Å². The summed E-state index contributed by atoms with van der Waals surface area (Å²) in [5.74, 6) is 1.29. The summed E-state index contributed by atoms with van der Waals surface area (Å²) in [6.45, 7) is 0.0140. The van der Waals surface area contributed by atoms with E-state index in [1.807, 2.05) is 18.2 Å². The van der Waals surface area contributed by atoms with Gasteiger partial charge in [0.1, 0.15) is 5.75 Å². The smallest absolute Gasteiger partial charge is 0.262 e. The molecule has 0 bridgehead atoms. The molecule has 0 saturated heterocycles. The molecule has 3 nitrogen and oxygen atoms in total. The lowest BCUT2D eigenvalue weighted by Crippen LogP contribution is -2.20. The molecule has 3 aromatic rings. The number of nitrogens with one attached hydrogen (secondary N) is 1. The van der Waals surface area contributed by atoms with Crippen molar-refractivity contribution in [2.45, 2.75) is 44.4 Å². The second-order valence-electron chi connectivity index (χ2n) is 8.45. The van der Waals surface area contributed by atoms with Gasteiger partial charge in [0.25, 0.3) is 5.91 Å². The SMILES string of the molecule is O=C(COc1ccc(C2CCCCC2)cc1)Nc1ccc2c(c1)Cc1ccccc1-2. The zero-order valence-corrected chi connectivity index (χ0v) is 17.2. The third-order valence-electron chi connectivity index (χ3n) is 6.40. The van der Waals surface area contributed by atoms with Crippen LogP contribution in [0.3, 0.4) is 0 Å². The summed E-state index contributed by atoms with van der Waals surface area (Å²) >= 11 is 0. The number of hydrogen-bond acceptors (Lipinski definition) is 2. The summed E-state index contributed by atoms with van der Waals surface area (Å²) in [4.78, 5) is 12.4. The van der Waals surface area contributed by atoms with Gasteiger partial charge in [0, 0.05) is 5.69 Å². The van der Waals surface area contributed by atoms with Gasteiger partial charge < -0.3 is 10.1 Å². The van der Waals surface area contributed by atoms with E-state index in [4.69, 9.17) is 4.74 Å². The largest absolute Gasteiger partial charge is 0.484 e. The highest BCUT2D eigenvalue weighted by Crippen LogP contribution is 2.37. The lowest BCUT2D eigenvalue weighted by Gasteiger charge is -2.22. The highest BCUT2D eigenvalue weighted by atomic mass is 16.5. The van der Waals surface area contributed by atoms with Crippen LogP contribution < -0.4 is 10.1 Å². The van der Waals surface area contributed by atoms with Gasteiger partial charge in [-0.3, -0.25) is 4.79 Å². The Morgan fingerprint density at radius 2 is 1.63 bits per heavy atom. The van der Waals surface area contributed by atoms with Crippen LogP contribution in [0.25, 0.3) is 11.1 Å². The quantitative estimate of drug-likeness (QED) is 0.428. The lowest BCUT2D eigenvalue weighted by molar-refractivity contribution is -0.118. The Balaban J connectivity index is 1.17. The number of ether oxygens (including phenoxy) is 1. The number of carbonyl (C=O) groups is 1. The van der Waals surface area contributed by atoms with Gasteiger partial charge in [-0.25, -0.2) is 0 Å². The van der Waals surface area contributed by atoms with Crippen LogP contribution in [0.4, 0.5) is 5.69 Å². The molecule has 3 heteroatoms. The molecule has 2 aliphatic carbocycles. The van der Waals surface area contributed by atoms with Gasteiger partial charge in [0.05, 0.1) is 0 Å². The molecule has 0 spiro atoms. The van der Waals surface area contributed by atoms with Crippen molar-refractivity contribution in [2.75, 3.05) is 11.9 Å². The van der Waals surface area contributed by atoms with Crippen LogP contribution in [0.15, 0.2) is 66.7 Å². The molecule has 1 amide bonds. The lowest BCUT2D eigenvalue weighted by atomic mass is 9.84. The van der Waals surface area contributed by atoms with Crippen molar-refractivity contribution in [1.29, 1.82) is 0 Å². The minimum atomic E-state index is -0.137. The highest BCUT2D eigenvalue weighted by Gasteiger charge is 2.18. The molecule has 152 valence electrons. The van der Waals surface area contributed by atoms with Crippen LogP contribution in [-0.4, -0.2) is 12.5 Å². The minimum absolute atomic E-state index is 0.0140. The van der Waals surface area contributed by atoms with Gasteiger partial charge in [0.2, 0.25) is 0 Å². The third-order valence-corrected chi connectivity index (χ3v) is 6.40. The molecular weight excluding hydrogens is 370 g/mol. The summed E-state index contributed by atoms with van der Waals surface area (Å²) in [5, 5.41) is 2.97. The van der Waals surface area contributed by atoms with Crippen LogP contribution in [0, 0.1) is 0 Å². The minimum Gasteiger partial charge on any atom is -0.484 e. The van der Waals surface area contributed by atoms with E-state index < -0.39 is 0 Å². The fourth-order valence-corrected chi connectivity index (χ4v) is 4.84. The number of benzene rings is 3. The maximum Gasteiger partial charge on any atom is 0.262 e. The molecule has 1 saturated carbocycles. The molecule has 0 aliphatic heterocycles. The van der Waals surface area contributed by atoms with E-state index in [9.17, 15) is 4.79 Å². The summed E-state index contributed by atoms with van der Waals surface area (Å²) in [7, 11) is 0. The van der Waals surface area contributed by atoms with E-state index in [2.05, 4.69) is 53.8 Å². The van der Waals surface area contributed by atoms with Gasteiger partial charge in [-0.2, -0.15) is 0 Å². The molecule has 1 N–H and O–H groups in total. The van der Waals surface area contributed by atoms with Crippen molar-refractivity contribution in [2.24, 2.45) is 0 Å². The predicted octanol–water partition coefficient (Wildman–Crippen LogP) is 6.32. The van der Waals surface area contributed by atoms with E-state index in [0.717, 1.165) is 17.9 Å². The topological polar surface area (TPSA) is 38.3 Å². The summed E-state index contributed by atoms with van der Waals surface area (Å²) in [5.41, 5.74) is 7.38. The first kappa shape index (κ1) is 18.9. The van der Waals surface area contributed by atoms with Crippen molar-refractivity contribution in [1.82, 2.24) is 0 Å². The van der Waals surface area contributed by atoms with Gasteiger partial charge in [-0.1, -0.05) is 61.7 Å². The molecule has 0 heterocycles. The Hall–Kier alpha value is -3.07. The zero-order chi connectivity index (χ0) is 20.3. The van der Waals surface area contributed by atoms with Crippen LogP contribution in [-0.2, 0) is 11.2 Å². The Kier molecular flexibility index (Phi) is 5.27. The van der Waals surface area contributed by atoms with Gasteiger partial charge in [-0.05, 0) is 77.3 Å².